The number of carbonyl (C=O) groups is 1. The van der Waals surface area contributed by atoms with E-state index in [0.717, 1.165) is 31.4 Å². The van der Waals surface area contributed by atoms with Gasteiger partial charge in [0.2, 0.25) is 0 Å². The van der Waals surface area contributed by atoms with Gasteiger partial charge in [0.05, 0.1) is 0 Å². The summed E-state index contributed by atoms with van der Waals surface area (Å²) in [6.45, 7) is 2.85. The Labute approximate surface area is 107 Å². The van der Waals surface area contributed by atoms with Crippen molar-refractivity contribution in [2.75, 3.05) is 13.2 Å². The molecule has 1 fully saturated rings. The molecule has 1 heterocycles. The fraction of sp³-hybridized carbons (Fsp3) is 0.643. The highest BCUT2D eigenvalue weighted by molar-refractivity contribution is 5.91. The van der Waals surface area contributed by atoms with Crippen LogP contribution in [0.3, 0.4) is 0 Å². The monoisotopic (exact) mass is 251 g/mol. The van der Waals surface area contributed by atoms with Gasteiger partial charge in [-0.15, -0.1) is 0 Å². The quantitative estimate of drug-likeness (QED) is 0.841. The third-order valence-electron chi connectivity index (χ3n) is 3.81. The Hall–Kier alpha value is -1.29. The number of carbonyl (C=O) groups excluding carboxylic acids is 1. The van der Waals surface area contributed by atoms with Crippen molar-refractivity contribution in [2.45, 2.75) is 32.6 Å². The van der Waals surface area contributed by atoms with Gasteiger partial charge in [-0.05, 0) is 36.8 Å². The summed E-state index contributed by atoms with van der Waals surface area (Å²) in [7, 11) is 0. The van der Waals surface area contributed by atoms with E-state index in [1.54, 1.807) is 6.07 Å². The van der Waals surface area contributed by atoms with Gasteiger partial charge in [0, 0.05) is 19.6 Å². The van der Waals surface area contributed by atoms with Crippen LogP contribution in [0.1, 0.15) is 42.5 Å². The van der Waals surface area contributed by atoms with Crippen LogP contribution in [0.25, 0.3) is 0 Å². The minimum Gasteiger partial charge on any atom is -0.456 e. The summed E-state index contributed by atoms with van der Waals surface area (Å²) in [5.74, 6) is 1.80. The highest BCUT2D eigenvalue weighted by atomic mass is 16.3. The molecule has 0 radical (unpaired) electrons. The molecular weight excluding hydrogens is 230 g/mol. The first kappa shape index (κ1) is 13.1. The normalized spacial score (nSPS) is 23.2. The Kier molecular flexibility index (Phi) is 4.42. The fourth-order valence-corrected chi connectivity index (χ4v) is 2.62. The summed E-state index contributed by atoms with van der Waals surface area (Å²) in [5, 5.41) is 12.1. The fourth-order valence-electron chi connectivity index (χ4n) is 2.62. The second-order valence-corrected chi connectivity index (χ2v) is 4.96. The van der Waals surface area contributed by atoms with Crippen LogP contribution in [0.15, 0.2) is 16.5 Å². The van der Waals surface area contributed by atoms with E-state index in [-0.39, 0.29) is 12.5 Å². The molecule has 0 bridgehead atoms. The number of amides is 1. The predicted octanol–water partition coefficient (Wildman–Crippen LogP) is 1.98. The van der Waals surface area contributed by atoms with Crippen LogP contribution in [0.2, 0.25) is 0 Å². The molecule has 4 heteroatoms. The van der Waals surface area contributed by atoms with Gasteiger partial charge in [-0.2, -0.15) is 0 Å². The zero-order valence-corrected chi connectivity index (χ0v) is 10.8. The largest absolute Gasteiger partial charge is 0.456 e. The number of hydrogen-bond acceptors (Lipinski definition) is 3. The maximum atomic E-state index is 11.9. The van der Waals surface area contributed by atoms with Crippen molar-refractivity contribution < 1.29 is 14.3 Å². The zero-order valence-electron chi connectivity index (χ0n) is 10.8. The topological polar surface area (TPSA) is 62.5 Å². The Morgan fingerprint density at radius 2 is 2.22 bits per heavy atom. The van der Waals surface area contributed by atoms with Crippen molar-refractivity contribution >= 4 is 5.91 Å². The minimum atomic E-state index is -0.154. The van der Waals surface area contributed by atoms with Gasteiger partial charge >= 0.3 is 0 Å². The Morgan fingerprint density at radius 3 is 2.89 bits per heavy atom. The number of hydrogen-bond donors (Lipinski definition) is 2. The molecule has 100 valence electrons. The number of aliphatic hydroxyl groups excluding tert-OH is 1. The van der Waals surface area contributed by atoms with Gasteiger partial charge in [-0.3, -0.25) is 4.79 Å². The summed E-state index contributed by atoms with van der Waals surface area (Å²) < 4.78 is 5.40. The predicted molar refractivity (Wildman–Crippen MR) is 68.3 cm³/mol. The van der Waals surface area contributed by atoms with Crippen molar-refractivity contribution in [3.63, 3.8) is 0 Å². The number of aliphatic hydroxyl groups is 1. The van der Waals surface area contributed by atoms with Crippen molar-refractivity contribution in [3.05, 3.63) is 23.7 Å². The first-order valence-electron chi connectivity index (χ1n) is 6.72. The first-order valence-corrected chi connectivity index (χ1v) is 6.72. The highest BCUT2D eigenvalue weighted by Crippen LogP contribution is 2.30. The maximum absolute atomic E-state index is 11.9. The van der Waals surface area contributed by atoms with Crippen LogP contribution in [0, 0.1) is 11.8 Å². The molecule has 0 aliphatic heterocycles. The van der Waals surface area contributed by atoms with Crippen LogP contribution < -0.4 is 5.32 Å². The SMILES string of the molecule is CCc1ccc(C(=O)NCC2CCCC2CO)o1. The van der Waals surface area contributed by atoms with E-state index in [2.05, 4.69) is 5.32 Å². The molecule has 0 spiro atoms. The molecule has 2 atom stereocenters. The summed E-state index contributed by atoms with van der Waals surface area (Å²) in [6.07, 6.45) is 4.09. The molecule has 18 heavy (non-hydrogen) atoms. The van der Waals surface area contributed by atoms with E-state index >= 15 is 0 Å². The first-order chi connectivity index (χ1) is 8.74. The molecule has 2 N–H and O–H groups in total. The van der Waals surface area contributed by atoms with Gasteiger partial charge in [0.1, 0.15) is 5.76 Å². The van der Waals surface area contributed by atoms with Crippen molar-refractivity contribution in [1.29, 1.82) is 0 Å². The highest BCUT2D eigenvalue weighted by Gasteiger charge is 2.27. The molecule has 1 aliphatic rings. The van der Waals surface area contributed by atoms with Crippen LogP contribution in [-0.4, -0.2) is 24.2 Å². The lowest BCUT2D eigenvalue weighted by Crippen LogP contribution is -2.31. The molecule has 0 aromatic carbocycles. The average molecular weight is 251 g/mol. The molecule has 4 nitrogen and oxygen atoms in total. The molecule has 1 amide bonds. The lowest BCUT2D eigenvalue weighted by molar-refractivity contribution is 0.0908. The van der Waals surface area contributed by atoms with Crippen LogP contribution >= 0.6 is 0 Å². The number of aryl methyl sites for hydroxylation is 1. The Morgan fingerprint density at radius 1 is 1.44 bits per heavy atom. The third kappa shape index (κ3) is 2.93. The van der Waals surface area contributed by atoms with Gasteiger partial charge in [-0.1, -0.05) is 13.3 Å². The van der Waals surface area contributed by atoms with Gasteiger partial charge in [-0.25, -0.2) is 0 Å². The molecule has 1 aliphatic carbocycles. The van der Waals surface area contributed by atoms with Crippen LogP contribution in [-0.2, 0) is 6.42 Å². The Balaban J connectivity index is 1.84. The van der Waals surface area contributed by atoms with Crippen molar-refractivity contribution in [1.82, 2.24) is 5.32 Å². The molecule has 1 aromatic rings. The number of furan rings is 1. The van der Waals surface area contributed by atoms with Gasteiger partial charge in [0.15, 0.2) is 5.76 Å². The summed E-state index contributed by atoms with van der Waals surface area (Å²) >= 11 is 0. The second-order valence-electron chi connectivity index (χ2n) is 4.96. The summed E-state index contributed by atoms with van der Waals surface area (Å²) in [5.41, 5.74) is 0. The lowest BCUT2D eigenvalue weighted by Gasteiger charge is -2.17. The minimum absolute atomic E-state index is 0.154. The molecule has 1 aromatic heterocycles. The van der Waals surface area contributed by atoms with Gasteiger partial charge < -0.3 is 14.8 Å². The molecule has 2 rings (SSSR count). The zero-order chi connectivity index (χ0) is 13.0. The number of rotatable bonds is 5. The van der Waals surface area contributed by atoms with E-state index in [9.17, 15) is 9.90 Å². The van der Waals surface area contributed by atoms with E-state index < -0.39 is 0 Å². The van der Waals surface area contributed by atoms with Gasteiger partial charge in [0.25, 0.3) is 5.91 Å². The van der Waals surface area contributed by atoms with Crippen molar-refractivity contribution in [2.24, 2.45) is 11.8 Å². The second kappa shape index (κ2) is 6.05. The standard InChI is InChI=1S/C14H21NO3/c1-2-12-6-7-13(18-12)14(17)15-8-10-4-3-5-11(10)9-16/h6-7,10-11,16H,2-5,8-9H2,1H3,(H,15,17). The molecule has 1 saturated carbocycles. The summed E-state index contributed by atoms with van der Waals surface area (Å²) in [6, 6.07) is 3.55. The van der Waals surface area contributed by atoms with E-state index in [4.69, 9.17) is 4.42 Å². The lowest BCUT2D eigenvalue weighted by atomic mass is 9.97. The third-order valence-corrected chi connectivity index (χ3v) is 3.81. The van der Waals surface area contributed by atoms with Crippen LogP contribution in [0.4, 0.5) is 0 Å². The van der Waals surface area contributed by atoms with E-state index in [1.807, 2.05) is 13.0 Å². The molecular formula is C14H21NO3. The van der Waals surface area contributed by atoms with E-state index in [0.29, 0.717) is 24.1 Å². The van der Waals surface area contributed by atoms with Crippen molar-refractivity contribution in [3.8, 4) is 0 Å². The number of nitrogens with one attached hydrogen (secondary N) is 1. The smallest absolute Gasteiger partial charge is 0.287 e. The molecule has 2 unspecified atom stereocenters. The van der Waals surface area contributed by atoms with Crippen LogP contribution in [0.5, 0.6) is 0 Å². The van der Waals surface area contributed by atoms with E-state index in [1.165, 1.54) is 0 Å². The maximum Gasteiger partial charge on any atom is 0.287 e. The average Bonchev–Trinajstić information content (AvgIpc) is 3.04. The summed E-state index contributed by atoms with van der Waals surface area (Å²) in [4.78, 5) is 11.9. The Bertz CT molecular complexity index is 399. The molecule has 0 saturated heterocycles.